The number of nitrogens with one attached hydrogen (secondary N) is 1. The Kier molecular flexibility index (Phi) is 4.74. The third-order valence-corrected chi connectivity index (χ3v) is 4.02. The van der Waals surface area contributed by atoms with E-state index in [2.05, 4.69) is 22.3 Å². The Morgan fingerprint density at radius 1 is 0.783 bits per heavy atom. The molecule has 0 aliphatic carbocycles. The van der Waals surface area contributed by atoms with Gasteiger partial charge >= 0.3 is 0 Å². The van der Waals surface area contributed by atoms with Gasteiger partial charge in [-0.3, -0.25) is 0 Å². The van der Waals surface area contributed by atoms with E-state index in [1.807, 2.05) is 42.5 Å². The smallest absolute Gasteiger partial charge is 0.156 e. The van der Waals surface area contributed by atoms with E-state index in [0.29, 0.717) is 0 Å². The second-order valence-corrected chi connectivity index (χ2v) is 5.49. The van der Waals surface area contributed by atoms with Gasteiger partial charge in [-0.1, -0.05) is 42.5 Å². The van der Waals surface area contributed by atoms with Gasteiger partial charge in [0.05, 0.1) is 11.0 Å². The van der Waals surface area contributed by atoms with Crippen molar-refractivity contribution in [1.82, 2.24) is 15.3 Å². The van der Waals surface area contributed by atoms with Crippen LogP contribution in [0.15, 0.2) is 54.6 Å². The second kappa shape index (κ2) is 6.94. The van der Waals surface area contributed by atoms with Gasteiger partial charge in [-0.25, -0.2) is 9.97 Å². The number of hydrogen-bond donors (Lipinski definition) is 1. The van der Waals surface area contributed by atoms with Gasteiger partial charge in [-0.2, -0.15) is 0 Å². The summed E-state index contributed by atoms with van der Waals surface area (Å²) in [5.41, 5.74) is 3.99. The van der Waals surface area contributed by atoms with E-state index in [1.165, 1.54) is 0 Å². The molecule has 23 heavy (non-hydrogen) atoms. The molecule has 1 aliphatic rings. The predicted molar refractivity (Wildman–Crippen MR) is 90.1 cm³/mol. The Labute approximate surface area is 142 Å². The average molecular weight is 326 g/mol. The zero-order valence-corrected chi connectivity index (χ0v) is 13.5. The Balaban J connectivity index is 0.00000156. The first-order valence-corrected chi connectivity index (χ1v) is 7.70. The van der Waals surface area contributed by atoms with Crippen molar-refractivity contribution in [2.75, 3.05) is 31.1 Å². The molecule has 0 saturated carbocycles. The Morgan fingerprint density at radius 3 is 2.09 bits per heavy atom. The molecule has 1 aromatic heterocycles. The van der Waals surface area contributed by atoms with Crippen molar-refractivity contribution < 1.29 is 12.4 Å². The van der Waals surface area contributed by atoms with Crippen molar-refractivity contribution in [3.8, 4) is 11.3 Å². The highest BCUT2D eigenvalue weighted by Gasteiger charge is 2.18. The van der Waals surface area contributed by atoms with Crippen LogP contribution in [0, 0.1) is 0 Å². The summed E-state index contributed by atoms with van der Waals surface area (Å²) in [5, 5.41) is 3.39. The van der Waals surface area contributed by atoms with Crippen molar-refractivity contribution in [3.63, 3.8) is 0 Å². The van der Waals surface area contributed by atoms with E-state index in [1.54, 1.807) is 0 Å². The molecule has 1 saturated heterocycles. The maximum Gasteiger partial charge on any atom is 0.156 e. The molecular weight excluding hydrogens is 308 g/mol. The maximum atomic E-state index is 4.91. The molecule has 4 rings (SSSR count). The number of rotatable bonds is 2. The molecule has 2 aromatic carbocycles. The fourth-order valence-corrected chi connectivity index (χ4v) is 2.88. The maximum absolute atomic E-state index is 4.91. The van der Waals surface area contributed by atoms with Gasteiger partial charge in [0.25, 0.3) is 0 Å². The Bertz CT molecular complexity index is 785. The molecule has 1 aliphatic heterocycles. The van der Waals surface area contributed by atoms with E-state index in [0.717, 1.165) is 54.3 Å². The molecule has 1 fully saturated rings. The zero-order chi connectivity index (χ0) is 14.8. The van der Waals surface area contributed by atoms with E-state index in [9.17, 15) is 0 Å². The van der Waals surface area contributed by atoms with Gasteiger partial charge in [-0.05, 0) is 12.1 Å². The van der Waals surface area contributed by atoms with Crippen LogP contribution in [0.5, 0.6) is 0 Å². The molecule has 0 atom stereocenters. The first kappa shape index (κ1) is 15.7. The summed E-state index contributed by atoms with van der Waals surface area (Å²) in [5.74, 6) is 0.992. The van der Waals surface area contributed by atoms with E-state index >= 15 is 0 Å². The highest BCUT2D eigenvalue weighted by Crippen LogP contribution is 2.29. The molecular formula is C18H18ClN4-. The van der Waals surface area contributed by atoms with Crippen LogP contribution in [0.1, 0.15) is 0 Å². The van der Waals surface area contributed by atoms with Crippen molar-refractivity contribution in [2.45, 2.75) is 0 Å². The number of piperazine rings is 1. The third-order valence-electron chi connectivity index (χ3n) is 4.02. The van der Waals surface area contributed by atoms with Crippen molar-refractivity contribution >= 4 is 16.9 Å². The summed E-state index contributed by atoms with van der Waals surface area (Å²) < 4.78 is 0. The van der Waals surface area contributed by atoms with Gasteiger partial charge in [0.15, 0.2) is 5.82 Å². The molecule has 2 heterocycles. The Morgan fingerprint density at radius 2 is 1.39 bits per heavy atom. The predicted octanol–water partition coefficient (Wildman–Crippen LogP) is -0.290. The van der Waals surface area contributed by atoms with Gasteiger partial charge in [-0.15, -0.1) is 0 Å². The highest BCUT2D eigenvalue weighted by atomic mass is 35.5. The van der Waals surface area contributed by atoms with Crippen LogP contribution in [0.25, 0.3) is 22.3 Å². The number of hydrogen-bond acceptors (Lipinski definition) is 4. The van der Waals surface area contributed by atoms with Crippen molar-refractivity contribution in [1.29, 1.82) is 0 Å². The zero-order valence-electron chi connectivity index (χ0n) is 12.7. The molecule has 0 amide bonds. The first-order chi connectivity index (χ1) is 10.9. The Hall–Kier alpha value is -2.17. The van der Waals surface area contributed by atoms with Crippen LogP contribution in [0.4, 0.5) is 5.82 Å². The fraction of sp³-hybridized carbons (Fsp3) is 0.222. The SMILES string of the molecule is [Cl-].c1ccc(-c2nc3ccccc3nc2N2CCNCC2)cc1. The molecule has 4 nitrogen and oxygen atoms in total. The number of anilines is 1. The van der Waals surface area contributed by atoms with Crippen LogP contribution in [-0.4, -0.2) is 36.1 Å². The number of halogens is 1. The van der Waals surface area contributed by atoms with E-state index < -0.39 is 0 Å². The van der Waals surface area contributed by atoms with Gasteiger partial charge in [0.1, 0.15) is 5.69 Å². The lowest BCUT2D eigenvalue weighted by atomic mass is 10.1. The number of para-hydroxylation sites is 2. The minimum absolute atomic E-state index is 0. The standard InChI is InChI=1S/C18H18N4.ClH/c1-2-6-14(7-3-1)17-18(22-12-10-19-11-13-22)21-16-9-5-4-8-15(16)20-17;/h1-9,19H,10-13H2;1H/p-1. The van der Waals surface area contributed by atoms with Crippen LogP contribution in [0.2, 0.25) is 0 Å². The minimum atomic E-state index is 0. The molecule has 0 spiro atoms. The van der Waals surface area contributed by atoms with E-state index in [-0.39, 0.29) is 12.4 Å². The molecule has 3 aromatic rings. The average Bonchev–Trinajstić information content (AvgIpc) is 2.62. The number of aromatic nitrogens is 2. The van der Waals surface area contributed by atoms with Crippen LogP contribution >= 0.6 is 0 Å². The topological polar surface area (TPSA) is 41.1 Å². The first-order valence-electron chi connectivity index (χ1n) is 7.70. The largest absolute Gasteiger partial charge is 1.00 e. The summed E-state index contributed by atoms with van der Waals surface area (Å²) in [4.78, 5) is 12.1. The van der Waals surface area contributed by atoms with Crippen molar-refractivity contribution in [3.05, 3.63) is 54.6 Å². The normalized spacial score (nSPS) is 14.5. The summed E-state index contributed by atoms with van der Waals surface area (Å²) in [6.07, 6.45) is 0. The van der Waals surface area contributed by atoms with Crippen molar-refractivity contribution in [2.24, 2.45) is 0 Å². The monoisotopic (exact) mass is 325 g/mol. The van der Waals surface area contributed by atoms with Gasteiger partial charge in [0, 0.05) is 31.7 Å². The number of nitrogens with zero attached hydrogens (tertiary/aromatic N) is 3. The highest BCUT2D eigenvalue weighted by molar-refractivity contribution is 5.83. The molecule has 0 radical (unpaired) electrons. The molecule has 0 unspecified atom stereocenters. The number of benzene rings is 2. The summed E-state index contributed by atoms with van der Waals surface area (Å²) >= 11 is 0. The molecule has 5 heteroatoms. The van der Waals surface area contributed by atoms with Crippen LogP contribution in [-0.2, 0) is 0 Å². The molecule has 0 bridgehead atoms. The second-order valence-electron chi connectivity index (χ2n) is 5.49. The van der Waals surface area contributed by atoms with Crippen LogP contribution in [0.3, 0.4) is 0 Å². The molecule has 1 N–H and O–H groups in total. The van der Waals surface area contributed by atoms with Gasteiger partial charge < -0.3 is 22.6 Å². The minimum Gasteiger partial charge on any atom is -1.00 e. The van der Waals surface area contributed by atoms with Gasteiger partial charge in [0.2, 0.25) is 0 Å². The van der Waals surface area contributed by atoms with Crippen LogP contribution < -0.4 is 22.6 Å². The summed E-state index contributed by atoms with van der Waals surface area (Å²) in [7, 11) is 0. The number of fused-ring (bicyclic) bond motifs is 1. The van der Waals surface area contributed by atoms with E-state index in [4.69, 9.17) is 9.97 Å². The summed E-state index contributed by atoms with van der Waals surface area (Å²) in [6, 6.07) is 18.4. The quantitative estimate of drug-likeness (QED) is 0.703. The lowest BCUT2D eigenvalue weighted by Gasteiger charge is -2.29. The lowest BCUT2D eigenvalue weighted by Crippen LogP contribution is -3.00. The third kappa shape index (κ3) is 3.14. The molecule has 118 valence electrons. The fourth-order valence-electron chi connectivity index (χ4n) is 2.88. The lowest BCUT2D eigenvalue weighted by molar-refractivity contribution is -0.00000445. The summed E-state index contributed by atoms with van der Waals surface area (Å²) in [6.45, 7) is 3.91.